The Hall–Kier alpha value is -2.21. The van der Waals surface area contributed by atoms with Crippen LogP contribution in [-0.4, -0.2) is 48.1 Å². The topological polar surface area (TPSA) is 64.5 Å². The van der Waals surface area contributed by atoms with Gasteiger partial charge < -0.3 is 9.47 Å². The molecule has 1 fully saturated rings. The number of carbonyl (C=O) groups is 1. The summed E-state index contributed by atoms with van der Waals surface area (Å²) < 4.78 is 10.0. The summed E-state index contributed by atoms with van der Waals surface area (Å²) in [5.74, 6) is 0.975. The van der Waals surface area contributed by atoms with Crippen molar-refractivity contribution in [1.29, 1.82) is 0 Å². The van der Waals surface area contributed by atoms with Crippen LogP contribution in [0.4, 0.5) is 0 Å². The van der Waals surface area contributed by atoms with Crippen molar-refractivity contribution < 1.29 is 14.3 Å². The quantitative estimate of drug-likeness (QED) is 0.752. The molecule has 25 heavy (non-hydrogen) atoms. The molecule has 0 radical (unpaired) electrons. The first kappa shape index (κ1) is 17.6. The molecule has 0 bridgehead atoms. The molecule has 3 heterocycles. The SMILES string of the molecule is COC(=O)C(C)CC1CCN(Cc2ccnc3nc(OC)ccc23)C1. The molecule has 0 aliphatic carbocycles. The van der Waals surface area contributed by atoms with E-state index in [0.29, 0.717) is 17.4 Å². The molecular weight excluding hydrogens is 318 g/mol. The minimum absolute atomic E-state index is 0.0339. The fourth-order valence-electron chi connectivity index (χ4n) is 3.61. The van der Waals surface area contributed by atoms with Crippen molar-refractivity contribution in [3.8, 4) is 5.88 Å². The van der Waals surface area contributed by atoms with Gasteiger partial charge in [0.1, 0.15) is 0 Å². The third kappa shape index (κ3) is 4.07. The number of methoxy groups -OCH3 is 2. The first-order chi connectivity index (χ1) is 12.1. The minimum Gasteiger partial charge on any atom is -0.481 e. The van der Waals surface area contributed by atoms with Gasteiger partial charge in [0.2, 0.25) is 5.88 Å². The van der Waals surface area contributed by atoms with Crippen molar-refractivity contribution in [3.05, 3.63) is 30.0 Å². The zero-order valence-corrected chi connectivity index (χ0v) is 15.1. The maximum Gasteiger partial charge on any atom is 0.308 e. The molecule has 2 aromatic rings. The van der Waals surface area contributed by atoms with Crippen molar-refractivity contribution in [3.63, 3.8) is 0 Å². The van der Waals surface area contributed by atoms with Crippen LogP contribution in [0, 0.1) is 11.8 Å². The van der Waals surface area contributed by atoms with Gasteiger partial charge >= 0.3 is 5.97 Å². The number of likely N-dealkylation sites (tertiary alicyclic amines) is 1. The van der Waals surface area contributed by atoms with E-state index in [9.17, 15) is 4.79 Å². The number of rotatable bonds is 6. The summed E-state index contributed by atoms with van der Waals surface area (Å²) in [5.41, 5.74) is 1.94. The number of aromatic nitrogens is 2. The molecule has 0 spiro atoms. The van der Waals surface area contributed by atoms with Crippen LogP contribution in [0.25, 0.3) is 11.0 Å². The maximum absolute atomic E-state index is 11.6. The summed E-state index contributed by atoms with van der Waals surface area (Å²) in [6, 6.07) is 5.95. The highest BCUT2D eigenvalue weighted by Crippen LogP contribution is 2.27. The third-order valence-corrected chi connectivity index (χ3v) is 4.93. The largest absolute Gasteiger partial charge is 0.481 e. The van der Waals surface area contributed by atoms with E-state index in [4.69, 9.17) is 9.47 Å². The summed E-state index contributed by atoms with van der Waals surface area (Å²) in [4.78, 5) is 22.8. The second-order valence-corrected chi connectivity index (χ2v) is 6.74. The Kier molecular flexibility index (Phi) is 5.48. The molecule has 2 unspecified atom stereocenters. The number of hydrogen-bond donors (Lipinski definition) is 0. The van der Waals surface area contributed by atoms with E-state index >= 15 is 0 Å². The highest BCUT2D eigenvalue weighted by Gasteiger charge is 2.27. The van der Waals surface area contributed by atoms with Crippen LogP contribution >= 0.6 is 0 Å². The van der Waals surface area contributed by atoms with Crippen LogP contribution in [-0.2, 0) is 16.1 Å². The first-order valence-corrected chi connectivity index (χ1v) is 8.69. The summed E-state index contributed by atoms with van der Waals surface area (Å²) >= 11 is 0. The number of hydrogen-bond acceptors (Lipinski definition) is 6. The predicted molar refractivity (Wildman–Crippen MR) is 95.3 cm³/mol. The van der Waals surface area contributed by atoms with Crippen molar-refractivity contribution >= 4 is 17.0 Å². The van der Waals surface area contributed by atoms with Crippen LogP contribution in [0.2, 0.25) is 0 Å². The second-order valence-electron chi connectivity index (χ2n) is 6.74. The highest BCUT2D eigenvalue weighted by atomic mass is 16.5. The molecule has 1 saturated heterocycles. The number of nitrogens with zero attached hydrogens (tertiary/aromatic N) is 3. The minimum atomic E-state index is -0.112. The Morgan fingerprint density at radius 1 is 1.36 bits per heavy atom. The standard InChI is InChI=1S/C19H25N3O3/c1-13(19(23)25-3)10-14-7-9-22(11-14)12-15-6-8-20-18-16(15)4-5-17(21-18)24-2/h4-6,8,13-14H,7,9-12H2,1-3H3. The number of pyridine rings is 2. The molecule has 0 amide bonds. The zero-order chi connectivity index (χ0) is 17.8. The monoisotopic (exact) mass is 343 g/mol. The van der Waals surface area contributed by atoms with E-state index in [0.717, 1.165) is 37.9 Å². The summed E-state index contributed by atoms with van der Waals surface area (Å²) in [6.45, 7) is 4.88. The molecule has 1 aliphatic rings. The number of ether oxygens (including phenoxy) is 2. The fraction of sp³-hybridized carbons (Fsp3) is 0.526. The van der Waals surface area contributed by atoms with Gasteiger partial charge in [-0.15, -0.1) is 0 Å². The maximum atomic E-state index is 11.6. The van der Waals surface area contributed by atoms with E-state index < -0.39 is 0 Å². The molecule has 0 saturated carbocycles. The highest BCUT2D eigenvalue weighted by molar-refractivity contribution is 5.79. The fourth-order valence-corrected chi connectivity index (χ4v) is 3.61. The second kappa shape index (κ2) is 7.78. The molecular formula is C19H25N3O3. The van der Waals surface area contributed by atoms with Crippen molar-refractivity contribution in [2.75, 3.05) is 27.3 Å². The van der Waals surface area contributed by atoms with Crippen LogP contribution in [0.1, 0.15) is 25.3 Å². The number of esters is 1. The van der Waals surface area contributed by atoms with Crippen molar-refractivity contribution in [2.45, 2.75) is 26.3 Å². The lowest BCUT2D eigenvalue weighted by Crippen LogP contribution is -2.22. The summed E-state index contributed by atoms with van der Waals surface area (Å²) in [7, 11) is 3.06. The molecule has 2 atom stereocenters. The predicted octanol–water partition coefficient (Wildman–Crippen LogP) is 2.66. The molecule has 1 aliphatic heterocycles. The van der Waals surface area contributed by atoms with Gasteiger partial charge in [0.15, 0.2) is 5.65 Å². The van der Waals surface area contributed by atoms with Gasteiger partial charge in [-0.3, -0.25) is 9.69 Å². The Labute approximate surface area is 148 Å². The van der Waals surface area contributed by atoms with Crippen LogP contribution in [0.15, 0.2) is 24.4 Å². The molecule has 0 N–H and O–H groups in total. The van der Waals surface area contributed by atoms with Gasteiger partial charge in [-0.2, -0.15) is 4.98 Å². The van der Waals surface area contributed by atoms with E-state index in [1.165, 1.54) is 12.7 Å². The summed E-state index contributed by atoms with van der Waals surface area (Å²) in [5, 5.41) is 1.06. The molecule has 2 aromatic heterocycles. The van der Waals surface area contributed by atoms with Crippen LogP contribution in [0.3, 0.4) is 0 Å². The van der Waals surface area contributed by atoms with E-state index in [2.05, 4.69) is 20.9 Å². The molecule has 0 aromatic carbocycles. The average Bonchev–Trinajstić information content (AvgIpc) is 3.07. The lowest BCUT2D eigenvalue weighted by molar-refractivity contribution is -0.145. The zero-order valence-electron chi connectivity index (χ0n) is 15.1. The normalized spacial score (nSPS) is 19.1. The first-order valence-electron chi connectivity index (χ1n) is 8.69. The van der Waals surface area contributed by atoms with Gasteiger partial charge in [-0.05, 0) is 43.0 Å². The molecule has 6 heteroatoms. The Balaban J connectivity index is 1.65. The number of fused-ring (bicyclic) bond motifs is 1. The van der Waals surface area contributed by atoms with Crippen molar-refractivity contribution in [1.82, 2.24) is 14.9 Å². The van der Waals surface area contributed by atoms with Gasteiger partial charge in [0.05, 0.1) is 20.1 Å². The van der Waals surface area contributed by atoms with Gasteiger partial charge in [-0.1, -0.05) is 6.92 Å². The number of carbonyl (C=O) groups excluding carboxylic acids is 1. The lowest BCUT2D eigenvalue weighted by Gasteiger charge is -2.18. The van der Waals surface area contributed by atoms with E-state index in [1.54, 1.807) is 13.3 Å². The Morgan fingerprint density at radius 3 is 2.96 bits per heavy atom. The van der Waals surface area contributed by atoms with E-state index in [1.807, 2.05) is 19.1 Å². The smallest absolute Gasteiger partial charge is 0.308 e. The van der Waals surface area contributed by atoms with Gasteiger partial charge in [0, 0.05) is 30.7 Å². The van der Waals surface area contributed by atoms with Gasteiger partial charge in [0.25, 0.3) is 0 Å². The van der Waals surface area contributed by atoms with Crippen LogP contribution in [0.5, 0.6) is 5.88 Å². The molecule has 3 rings (SSSR count). The van der Waals surface area contributed by atoms with Crippen molar-refractivity contribution in [2.24, 2.45) is 11.8 Å². The lowest BCUT2D eigenvalue weighted by atomic mass is 9.95. The summed E-state index contributed by atoms with van der Waals surface area (Å²) in [6.07, 6.45) is 3.81. The van der Waals surface area contributed by atoms with Gasteiger partial charge in [-0.25, -0.2) is 4.98 Å². The Bertz CT molecular complexity index is 750. The van der Waals surface area contributed by atoms with Crippen LogP contribution < -0.4 is 4.74 Å². The third-order valence-electron chi connectivity index (χ3n) is 4.93. The average molecular weight is 343 g/mol. The molecule has 6 nitrogen and oxygen atoms in total. The van der Waals surface area contributed by atoms with E-state index in [-0.39, 0.29) is 11.9 Å². The Morgan fingerprint density at radius 2 is 2.20 bits per heavy atom. The molecule has 134 valence electrons.